The molecule has 0 unspecified atom stereocenters. The Morgan fingerprint density at radius 1 is 1.67 bits per heavy atom. The van der Waals surface area contributed by atoms with E-state index in [4.69, 9.17) is 5.73 Å². The third-order valence-electron chi connectivity index (χ3n) is 1.21. The van der Waals surface area contributed by atoms with Crippen LogP contribution >= 0.6 is 28.3 Å². The van der Waals surface area contributed by atoms with E-state index in [-0.39, 0.29) is 24.7 Å². The molecule has 1 aromatic heterocycles. The van der Waals surface area contributed by atoms with Gasteiger partial charge in [-0.2, -0.15) is 0 Å². The third-order valence-corrected chi connectivity index (χ3v) is 1.85. The minimum atomic E-state index is -0.155. The van der Waals surface area contributed by atoms with Crippen LogP contribution in [0.15, 0.2) is 22.8 Å². The van der Waals surface area contributed by atoms with Crippen LogP contribution in [0.3, 0.4) is 0 Å². The molecule has 3 nitrogen and oxygen atoms in total. The van der Waals surface area contributed by atoms with Crippen LogP contribution in [0.5, 0.6) is 0 Å². The average Bonchev–Trinajstić information content (AvgIpc) is 2.04. The Kier molecular flexibility index (Phi) is 5.04. The maximum absolute atomic E-state index is 11.0. The van der Waals surface area contributed by atoms with E-state index in [1.54, 1.807) is 18.3 Å². The highest BCUT2D eigenvalue weighted by atomic mass is 79.9. The molecule has 0 fully saturated rings. The maximum Gasteiger partial charge on any atom is 0.195 e. The van der Waals surface area contributed by atoms with Crippen molar-refractivity contribution in [3.05, 3.63) is 28.5 Å². The van der Waals surface area contributed by atoms with Gasteiger partial charge in [0.05, 0.1) is 6.54 Å². The standard InChI is InChI=1S/C7H7BrN2O.ClH/c8-5-2-1-3-10-7(5)6(11)4-9;/h1-3H,4,9H2;1H. The van der Waals surface area contributed by atoms with E-state index >= 15 is 0 Å². The highest BCUT2D eigenvalue weighted by Gasteiger charge is 2.07. The van der Waals surface area contributed by atoms with Gasteiger partial charge in [0.15, 0.2) is 5.78 Å². The van der Waals surface area contributed by atoms with Crippen LogP contribution < -0.4 is 5.73 Å². The van der Waals surface area contributed by atoms with Crippen LogP contribution in [0.1, 0.15) is 10.5 Å². The molecule has 0 saturated heterocycles. The minimum Gasteiger partial charge on any atom is -0.324 e. The number of carbonyl (C=O) groups excluding carboxylic acids is 1. The normalized spacial score (nSPS) is 8.83. The van der Waals surface area contributed by atoms with Gasteiger partial charge >= 0.3 is 0 Å². The van der Waals surface area contributed by atoms with Gasteiger partial charge in [0.1, 0.15) is 5.69 Å². The highest BCUT2D eigenvalue weighted by Crippen LogP contribution is 2.12. The molecule has 0 aliphatic rings. The lowest BCUT2D eigenvalue weighted by molar-refractivity contribution is 0.0996. The molecule has 2 N–H and O–H groups in total. The molecule has 0 spiro atoms. The lowest BCUT2D eigenvalue weighted by Crippen LogP contribution is -2.15. The van der Waals surface area contributed by atoms with Gasteiger partial charge in [-0.3, -0.25) is 9.78 Å². The van der Waals surface area contributed by atoms with Crippen molar-refractivity contribution in [2.24, 2.45) is 5.73 Å². The molecule has 0 atom stereocenters. The van der Waals surface area contributed by atoms with Gasteiger partial charge in [0.25, 0.3) is 0 Å². The zero-order valence-corrected chi connectivity index (χ0v) is 8.56. The predicted octanol–water partition coefficient (Wildman–Crippen LogP) is 1.41. The molecule has 0 aliphatic heterocycles. The van der Waals surface area contributed by atoms with E-state index in [9.17, 15) is 4.79 Å². The number of nitrogens with zero attached hydrogens (tertiary/aromatic N) is 1. The molecule has 0 bridgehead atoms. The van der Waals surface area contributed by atoms with E-state index in [1.807, 2.05) is 0 Å². The molecule has 1 heterocycles. The summed E-state index contributed by atoms with van der Waals surface area (Å²) in [6.45, 7) is -0.00435. The molecule has 0 amide bonds. The largest absolute Gasteiger partial charge is 0.324 e. The maximum atomic E-state index is 11.0. The average molecular weight is 252 g/mol. The van der Waals surface area contributed by atoms with Crippen LogP contribution in [0.25, 0.3) is 0 Å². The zero-order chi connectivity index (χ0) is 8.27. The van der Waals surface area contributed by atoms with Crippen molar-refractivity contribution in [2.45, 2.75) is 0 Å². The second-order valence-electron chi connectivity index (χ2n) is 1.96. The monoisotopic (exact) mass is 250 g/mol. The fourth-order valence-corrected chi connectivity index (χ4v) is 1.16. The Balaban J connectivity index is 0.00000121. The summed E-state index contributed by atoms with van der Waals surface area (Å²) in [5.41, 5.74) is 5.56. The first-order chi connectivity index (χ1) is 5.25. The summed E-state index contributed by atoms with van der Waals surface area (Å²) in [5.74, 6) is -0.155. The number of aromatic nitrogens is 1. The first-order valence-corrected chi connectivity index (χ1v) is 3.89. The molecule has 0 aliphatic carbocycles. The van der Waals surface area contributed by atoms with Gasteiger partial charge in [-0.25, -0.2) is 0 Å². The van der Waals surface area contributed by atoms with Gasteiger partial charge in [0, 0.05) is 10.7 Å². The van der Waals surface area contributed by atoms with Crippen molar-refractivity contribution in [1.29, 1.82) is 0 Å². The topological polar surface area (TPSA) is 56.0 Å². The predicted molar refractivity (Wildman–Crippen MR) is 52.6 cm³/mol. The molecular formula is C7H8BrClN2O. The van der Waals surface area contributed by atoms with E-state index in [0.29, 0.717) is 10.2 Å². The fraction of sp³-hybridized carbons (Fsp3) is 0.143. The summed E-state index contributed by atoms with van der Waals surface area (Å²) < 4.78 is 0.690. The highest BCUT2D eigenvalue weighted by molar-refractivity contribution is 9.10. The van der Waals surface area contributed by atoms with Gasteiger partial charge < -0.3 is 5.73 Å². The first-order valence-electron chi connectivity index (χ1n) is 3.09. The molecule has 12 heavy (non-hydrogen) atoms. The van der Waals surface area contributed by atoms with Gasteiger partial charge in [-0.1, -0.05) is 0 Å². The van der Waals surface area contributed by atoms with Crippen LogP contribution in [-0.2, 0) is 0 Å². The van der Waals surface area contributed by atoms with Gasteiger partial charge in [0.2, 0.25) is 0 Å². The summed E-state index contributed by atoms with van der Waals surface area (Å²) in [7, 11) is 0. The number of pyridine rings is 1. The Hall–Kier alpha value is -0.450. The Bertz CT molecular complexity index is 280. The molecule has 0 radical (unpaired) electrons. The zero-order valence-electron chi connectivity index (χ0n) is 6.16. The molecule has 0 aromatic carbocycles. The second-order valence-corrected chi connectivity index (χ2v) is 2.82. The van der Waals surface area contributed by atoms with Gasteiger partial charge in [-0.15, -0.1) is 12.4 Å². The Labute approximate surface area is 84.9 Å². The smallest absolute Gasteiger partial charge is 0.195 e. The molecule has 66 valence electrons. The van der Waals surface area contributed by atoms with Crippen molar-refractivity contribution in [2.75, 3.05) is 6.54 Å². The van der Waals surface area contributed by atoms with Gasteiger partial charge in [-0.05, 0) is 28.1 Å². The van der Waals surface area contributed by atoms with Crippen molar-refractivity contribution < 1.29 is 4.79 Å². The Morgan fingerprint density at radius 3 is 2.83 bits per heavy atom. The third kappa shape index (κ3) is 2.55. The van der Waals surface area contributed by atoms with E-state index in [2.05, 4.69) is 20.9 Å². The number of halogens is 2. The van der Waals surface area contributed by atoms with Crippen molar-refractivity contribution in [3.8, 4) is 0 Å². The van der Waals surface area contributed by atoms with E-state index in [1.165, 1.54) is 0 Å². The number of rotatable bonds is 2. The summed E-state index contributed by atoms with van der Waals surface area (Å²) in [5, 5.41) is 0. The quantitative estimate of drug-likeness (QED) is 0.809. The molecule has 1 rings (SSSR count). The van der Waals surface area contributed by atoms with Crippen LogP contribution in [-0.4, -0.2) is 17.3 Å². The minimum absolute atomic E-state index is 0. The van der Waals surface area contributed by atoms with Crippen molar-refractivity contribution >= 4 is 34.1 Å². The van der Waals surface area contributed by atoms with E-state index in [0.717, 1.165) is 0 Å². The van der Waals surface area contributed by atoms with Crippen LogP contribution in [0, 0.1) is 0 Å². The number of hydrogen-bond donors (Lipinski definition) is 1. The second kappa shape index (κ2) is 5.24. The lowest BCUT2D eigenvalue weighted by Gasteiger charge is -1.97. The number of hydrogen-bond acceptors (Lipinski definition) is 3. The lowest BCUT2D eigenvalue weighted by atomic mass is 10.2. The summed E-state index contributed by atoms with van der Waals surface area (Å²) in [6.07, 6.45) is 1.56. The summed E-state index contributed by atoms with van der Waals surface area (Å²) in [4.78, 5) is 14.9. The molecule has 1 aromatic rings. The number of nitrogens with two attached hydrogens (primary N) is 1. The van der Waals surface area contributed by atoms with E-state index < -0.39 is 0 Å². The van der Waals surface area contributed by atoms with Crippen LogP contribution in [0.2, 0.25) is 0 Å². The van der Waals surface area contributed by atoms with Crippen LogP contribution in [0.4, 0.5) is 0 Å². The SMILES string of the molecule is Cl.NCC(=O)c1ncccc1Br. The van der Waals surface area contributed by atoms with Crippen molar-refractivity contribution in [3.63, 3.8) is 0 Å². The number of Topliss-reactive ketones (excluding diaryl/α,β-unsaturated/α-hetero) is 1. The fourth-order valence-electron chi connectivity index (χ4n) is 0.688. The van der Waals surface area contributed by atoms with Crippen molar-refractivity contribution in [1.82, 2.24) is 4.98 Å². The number of ketones is 1. The Morgan fingerprint density at radius 2 is 2.33 bits per heavy atom. The summed E-state index contributed by atoms with van der Waals surface area (Å²) >= 11 is 3.20. The molecule has 0 saturated carbocycles. The molecular weight excluding hydrogens is 243 g/mol. The summed E-state index contributed by atoms with van der Waals surface area (Å²) in [6, 6.07) is 3.51. The number of carbonyl (C=O) groups is 1. The first kappa shape index (κ1) is 11.6. The molecule has 5 heteroatoms.